The fraction of sp³-hybridized carbons (Fsp3) is 1.00. The molecule has 0 aliphatic heterocycles. The minimum Gasteiger partial charge on any atom is -0.329 e. The third kappa shape index (κ3) is 2.29. The van der Waals surface area contributed by atoms with Crippen molar-refractivity contribution < 1.29 is 0 Å². The van der Waals surface area contributed by atoms with Crippen LogP contribution in [0.5, 0.6) is 0 Å². The summed E-state index contributed by atoms with van der Waals surface area (Å²) in [6, 6.07) is 0.800. The average Bonchev–Trinajstić information content (AvgIpc) is 3.02. The van der Waals surface area contributed by atoms with Crippen molar-refractivity contribution in [2.45, 2.75) is 63.5 Å². The topological polar surface area (TPSA) is 38.0 Å². The van der Waals surface area contributed by atoms with Crippen LogP contribution >= 0.6 is 0 Å². The standard InChI is InChI=1S/C12H24N2/c1-2-10-4-3-7-12(8-10,9-13)14-11-5-6-11/h10-11,14H,2-9,13H2,1H3. The summed E-state index contributed by atoms with van der Waals surface area (Å²) < 4.78 is 0. The second-order valence-electron chi connectivity index (χ2n) is 5.27. The summed E-state index contributed by atoms with van der Waals surface area (Å²) in [5.74, 6) is 0.915. The van der Waals surface area contributed by atoms with E-state index in [0.29, 0.717) is 5.54 Å². The second kappa shape index (κ2) is 4.19. The van der Waals surface area contributed by atoms with Gasteiger partial charge in [0.15, 0.2) is 0 Å². The molecule has 2 fully saturated rings. The first kappa shape index (κ1) is 10.4. The molecule has 0 heterocycles. The lowest BCUT2D eigenvalue weighted by Gasteiger charge is -2.41. The van der Waals surface area contributed by atoms with E-state index in [1.54, 1.807) is 0 Å². The number of nitrogens with one attached hydrogen (secondary N) is 1. The Bertz CT molecular complexity index is 189. The van der Waals surface area contributed by atoms with Crippen molar-refractivity contribution in [3.8, 4) is 0 Å². The number of nitrogens with two attached hydrogens (primary N) is 1. The molecule has 2 rings (SSSR count). The Morgan fingerprint density at radius 2 is 2.14 bits per heavy atom. The lowest BCUT2D eigenvalue weighted by Crippen LogP contribution is -2.54. The van der Waals surface area contributed by atoms with Gasteiger partial charge in [0.1, 0.15) is 0 Å². The van der Waals surface area contributed by atoms with Crippen molar-refractivity contribution in [2.75, 3.05) is 6.54 Å². The molecule has 2 atom stereocenters. The van der Waals surface area contributed by atoms with Crippen LogP contribution in [0, 0.1) is 5.92 Å². The van der Waals surface area contributed by atoms with E-state index in [4.69, 9.17) is 5.73 Å². The predicted octanol–water partition coefficient (Wildman–Crippen LogP) is 2.04. The van der Waals surface area contributed by atoms with Gasteiger partial charge in [-0.25, -0.2) is 0 Å². The van der Waals surface area contributed by atoms with E-state index in [9.17, 15) is 0 Å². The molecule has 3 N–H and O–H groups in total. The summed E-state index contributed by atoms with van der Waals surface area (Å²) in [6.45, 7) is 3.15. The van der Waals surface area contributed by atoms with Crippen LogP contribution in [0.4, 0.5) is 0 Å². The van der Waals surface area contributed by atoms with Crippen LogP contribution in [0.25, 0.3) is 0 Å². The van der Waals surface area contributed by atoms with Gasteiger partial charge in [0.05, 0.1) is 0 Å². The molecule has 0 aromatic heterocycles. The van der Waals surface area contributed by atoms with Crippen molar-refractivity contribution >= 4 is 0 Å². The summed E-state index contributed by atoms with van der Waals surface area (Å²) in [5, 5.41) is 3.80. The quantitative estimate of drug-likeness (QED) is 0.722. The van der Waals surface area contributed by atoms with Gasteiger partial charge in [-0.05, 0) is 31.6 Å². The Hall–Kier alpha value is -0.0800. The highest BCUT2D eigenvalue weighted by Gasteiger charge is 2.38. The molecule has 2 aliphatic carbocycles. The number of hydrogen-bond acceptors (Lipinski definition) is 2. The monoisotopic (exact) mass is 196 g/mol. The van der Waals surface area contributed by atoms with Crippen LogP contribution in [-0.4, -0.2) is 18.1 Å². The maximum atomic E-state index is 5.97. The molecule has 0 bridgehead atoms. The first-order chi connectivity index (χ1) is 6.78. The van der Waals surface area contributed by atoms with Crippen LogP contribution in [0.15, 0.2) is 0 Å². The van der Waals surface area contributed by atoms with E-state index < -0.39 is 0 Å². The molecule has 0 saturated heterocycles. The fourth-order valence-electron chi connectivity index (χ4n) is 2.87. The minimum absolute atomic E-state index is 0.306. The van der Waals surface area contributed by atoms with Gasteiger partial charge in [-0.3, -0.25) is 0 Å². The Kier molecular flexibility index (Phi) is 3.13. The maximum absolute atomic E-state index is 5.97. The Labute approximate surface area is 87.6 Å². The fourth-order valence-corrected chi connectivity index (χ4v) is 2.87. The molecule has 2 nitrogen and oxygen atoms in total. The first-order valence-corrected chi connectivity index (χ1v) is 6.26. The molecule has 14 heavy (non-hydrogen) atoms. The van der Waals surface area contributed by atoms with Crippen LogP contribution in [0.3, 0.4) is 0 Å². The van der Waals surface area contributed by atoms with Gasteiger partial charge in [-0.2, -0.15) is 0 Å². The van der Waals surface area contributed by atoms with Crippen molar-refractivity contribution in [2.24, 2.45) is 11.7 Å². The average molecular weight is 196 g/mol. The molecule has 0 aromatic carbocycles. The molecule has 2 heteroatoms. The van der Waals surface area contributed by atoms with E-state index in [1.165, 1.54) is 44.9 Å². The first-order valence-electron chi connectivity index (χ1n) is 6.26. The van der Waals surface area contributed by atoms with Crippen LogP contribution in [0.1, 0.15) is 51.9 Å². The highest BCUT2D eigenvalue weighted by atomic mass is 15.1. The maximum Gasteiger partial charge on any atom is 0.0309 e. The third-order valence-electron chi connectivity index (χ3n) is 4.00. The smallest absolute Gasteiger partial charge is 0.0309 e. The molecule has 2 aliphatic rings. The van der Waals surface area contributed by atoms with Crippen LogP contribution in [0.2, 0.25) is 0 Å². The highest BCUT2D eigenvalue weighted by molar-refractivity contribution is 4.99. The number of rotatable bonds is 4. The molecule has 82 valence electrons. The lowest BCUT2D eigenvalue weighted by molar-refractivity contribution is 0.179. The Morgan fingerprint density at radius 1 is 1.36 bits per heavy atom. The van der Waals surface area contributed by atoms with E-state index >= 15 is 0 Å². The molecule has 0 amide bonds. The van der Waals surface area contributed by atoms with E-state index in [2.05, 4.69) is 12.2 Å². The largest absolute Gasteiger partial charge is 0.329 e. The normalized spacial score (nSPS) is 38.6. The van der Waals surface area contributed by atoms with Crippen molar-refractivity contribution in [3.63, 3.8) is 0 Å². The second-order valence-corrected chi connectivity index (χ2v) is 5.27. The third-order valence-corrected chi connectivity index (χ3v) is 4.00. The van der Waals surface area contributed by atoms with Crippen LogP contribution < -0.4 is 11.1 Å². The zero-order valence-electron chi connectivity index (χ0n) is 9.39. The predicted molar refractivity (Wildman–Crippen MR) is 60.2 cm³/mol. The van der Waals surface area contributed by atoms with Gasteiger partial charge in [0, 0.05) is 18.1 Å². The van der Waals surface area contributed by atoms with Crippen molar-refractivity contribution in [1.29, 1.82) is 0 Å². The Balaban J connectivity index is 1.94. The molecule has 2 saturated carbocycles. The van der Waals surface area contributed by atoms with E-state index in [0.717, 1.165) is 18.5 Å². The zero-order valence-corrected chi connectivity index (χ0v) is 9.39. The summed E-state index contributed by atoms with van der Waals surface area (Å²) >= 11 is 0. The van der Waals surface area contributed by atoms with Crippen LogP contribution in [-0.2, 0) is 0 Å². The Morgan fingerprint density at radius 3 is 2.71 bits per heavy atom. The summed E-state index contributed by atoms with van der Waals surface area (Å²) in [5.41, 5.74) is 6.27. The minimum atomic E-state index is 0.306. The van der Waals surface area contributed by atoms with Gasteiger partial charge < -0.3 is 11.1 Å². The highest BCUT2D eigenvalue weighted by Crippen LogP contribution is 2.36. The lowest BCUT2D eigenvalue weighted by atomic mass is 9.74. The van der Waals surface area contributed by atoms with Gasteiger partial charge in [-0.1, -0.05) is 26.2 Å². The number of hydrogen-bond donors (Lipinski definition) is 2. The molecular weight excluding hydrogens is 172 g/mol. The molecular formula is C12H24N2. The van der Waals surface area contributed by atoms with Gasteiger partial charge in [0.25, 0.3) is 0 Å². The van der Waals surface area contributed by atoms with Crippen molar-refractivity contribution in [1.82, 2.24) is 5.32 Å². The van der Waals surface area contributed by atoms with E-state index in [-0.39, 0.29) is 0 Å². The summed E-state index contributed by atoms with van der Waals surface area (Å²) in [6.07, 6.45) is 9.48. The molecule has 0 radical (unpaired) electrons. The SMILES string of the molecule is CCC1CCCC(CN)(NC2CC2)C1. The summed E-state index contributed by atoms with van der Waals surface area (Å²) in [7, 11) is 0. The van der Waals surface area contributed by atoms with Gasteiger partial charge >= 0.3 is 0 Å². The van der Waals surface area contributed by atoms with Crippen molar-refractivity contribution in [3.05, 3.63) is 0 Å². The van der Waals surface area contributed by atoms with E-state index in [1.807, 2.05) is 0 Å². The zero-order chi connectivity index (χ0) is 10.0. The molecule has 2 unspecified atom stereocenters. The van der Waals surface area contributed by atoms with Gasteiger partial charge in [-0.15, -0.1) is 0 Å². The summed E-state index contributed by atoms with van der Waals surface area (Å²) in [4.78, 5) is 0. The van der Waals surface area contributed by atoms with Gasteiger partial charge in [0.2, 0.25) is 0 Å². The molecule has 0 spiro atoms. The molecule has 0 aromatic rings.